The molecule has 0 bridgehead atoms. The van der Waals surface area contributed by atoms with E-state index < -0.39 is 32.6 Å². The summed E-state index contributed by atoms with van der Waals surface area (Å²) in [4.78, 5) is -0.526. The average molecular weight is 213 g/mol. The van der Waals surface area contributed by atoms with E-state index in [1.807, 2.05) is 0 Å². The molecular formula is C6H3ClF2O2S. The topological polar surface area (TPSA) is 37.3 Å². The largest absolute Gasteiger partial charge is 0.302 e. The van der Waals surface area contributed by atoms with Crippen LogP contribution in [0.25, 0.3) is 0 Å². The summed E-state index contributed by atoms with van der Waals surface area (Å²) in [7, 11) is 0. The Hall–Kier alpha value is -0.520. The fraction of sp³-hybridized carbons (Fsp3) is 0. The summed E-state index contributed by atoms with van der Waals surface area (Å²) in [5.74, 6) is -2.15. The van der Waals surface area contributed by atoms with Crippen LogP contribution in [0.2, 0.25) is 5.02 Å². The molecule has 0 aliphatic rings. The second kappa shape index (κ2) is 3.47. The highest BCUT2D eigenvalue weighted by Gasteiger charge is 2.14. The third-order valence-corrected chi connectivity index (χ3v) is 2.23. The van der Waals surface area contributed by atoms with Crippen molar-refractivity contribution < 1.29 is 17.5 Å². The lowest BCUT2D eigenvalue weighted by Gasteiger charge is -1.99. The molecule has 0 amide bonds. The Morgan fingerprint density at radius 2 is 2.00 bits per heavy atom. The van der Waals surface area contributed by atoms with Gasteiger partial charge in [-0.15, -0.1) is 0 Å². The Kier molecular flexibility index (Phi) is 2.76. The van der Waals surface area contributed by atoms with E-state index in [4.69, 9.17) is 16.2 Å². The van der Waals surface area contributed by atoms with Crippen LogP contribution in [0.15, 0.2) is 17.0 Å². The van der Waals surface area contributed by atoms with Gasteiger partial charge in [0.2, 0.25) is 0 Å². The maximum absolute atomic E-state index is 12.8. The van der Waals surface area contributed by atoms with Gasteiger partial charge in [-0.1, -0.05) is 11.6 Å². The van der Waals surface area contributed by atoms with Crippen LogP contribution in [0.5, 0.6) is 0 Å². The Morgan fingerprint density at radius 3 is 2.50 bits per heavy atom. The molecule has 0 aliphatic carbocycles. The van der Waals surface area contributed by atoms with Crippen LogP contribution in [0.1, 0.15) is 0 Å². The van der Waals surface area contributed by atoms with Gasteiger partial charge in [0.25, 0.3) is 0 Å². The van der Waals surface area contributed by atoms with E-state index in [1.54, 1.807) is 0 Å². The first-order chi connectivity index (χ1) is 5.54. The van der Waals surface area contributed by atoms with Gasteiger partial charge >= 0.3 is 0 Å². The van der Waals surface area contributed by atoms with E-state index in [0.29, 0.717) is 0 Å². The van der Waals surface area contributed by atoms with Crippen molar-refractivity contribution >= 4 is 22.7 Å². The number of halogens is 3. The Bertz CT molecular complexity index is 343. The van der Waals surface area contributed by atoms with Crippen molar-refractivity contribution in [2.24, 2.45) is 0 Å². The molecule has 0 fully saturated rings. The van der Waals surface area contributed by atoms with Crippen LogP contribution in [-0.2, 0) is 11.1 Å². The number of rotatable bonds is 1. The molecule has 6 heteroatoms. The molecule has 1 N–H and O–H groups in total. The van der Waals surface area contributed by atoms with Gasteiger partial charge < -0.3 is 4.55 Å². The zero-order valence-corrected chi connectivity index (χ0v) is 7.12. The van der Waals surface area contributed by atoms with E-state index in [-0.39, 0.29) is 0 Å². The Labute approximate surface area is 74.4 Å². The molecule has 12 heavy (non-hydrogen) atoms. The monoisotopic (exact) mass is 212 g/mol. The van der Waals surface area contributed by atoms with Crippen molar-refractivity contribution in [1.82, 2.24) is 0 Å². The first-order valence-electron chi connectivity index (χ1n) is 2.78. The summed E-state index contributed by atoms with van der Waals surface area (Å²) >= 11 is 2.65. The van der Waals surface area contributed by atoms with Crippen molar-refractivity contribution in [3.8, 4) is 0 Å². The maximum atomic E-state index is 12.8. The molecule has 1 aromatic rings. The maximum Gasteiger partial charge on any atom is 0.189 e. The van der Waals surface area contributed by atoms with Gasteiger partial charge in [-0.05, 0) is 12.1 Å². The average Bonchev–Trinajstić information content (AvgIpc) is 2.00. The minimum atomic E-state index is -2.49. The van der Waals surface area contributed by atoms with Crippen LogP contribution in [-0.4, -0.2) is 8.76 Å². The molecule has 0 aliphatic heterocycles. The molecule has 1 rings (SSSR count). The van der Waals surface area contributed by atoms with Crippen LogP contribution in [0.3, 0.4) is 0 Å². The number of hydrogen-bond acceptors (Lipinski definition) is 1. The van der Waals surface area contributed by atoms with Crippen LogP contribution in [0, 0.1) is 11.6 Å². The molecule has 0 heterocycles. The quantitative estimate of drug-likeness (QED) is 0.572. The standard InChI is InChI=1S/C6H3ClF2O2S/c7-5-3(8)1-2-4(6(5)9)12(10)11/h1-2H,(H,10,11). The third-order valence-electron chi connectivity index (χ3n) is 1.19. The van der Waals surface area contributed by atoms with Gasteiger partial charge in [-0.2, -0.15) is 0 Å². The van der Waals surface area contributed by atoms with Gasteiger partial charge in [0.15, 0.2) is 16.9 Å². The highest BCUT2D eigenvalue weighted by molar-refractivity contribution is 7.79. The molecule has 0 aromatic heterocycles. The minimum absolute atomic E-state index is 0.526. The van der Waals surface area contributed by atoms with E-state index in [2.05, 4.69) is 0 Å². The zero-order valence-electron chi connectivity index (χ0n) is 5.55. The van der Waals surface area contributed by atoms with Crippen molar-refractivity contribution in [2.75, 3.05) is 0 Å². The fourth-order valence-electron chi connectivity index (χ4n) is 0.643. The minimum Gasteiger partial charge on any atom is -0.302 e. The molecule has 1 aromatic carbocycles. The number of benzene rings is 1. The SMILES string of the molecule is O=S(O)c1ccc(F)c(Cl)c1F. The van der Waals surface area contributed by atoms with Crippen LogP contribution < -0.4 is 0 Å². The normalized spacial score (nSPS) is 13.0. The molecule has 0 spiro atoms. The summed E-state index contributed by atoms with van der Waals surface area (Å²) in [5.41, 5.74) is 0. The van der Waals surface area contributed by atoms with E-state index in [9.17, 15) is 13.0 Å². The van der Waals surface area contributed by atoms with Gasteiger partial charge in [0.1, 0.15) is 15.7 Å². The summed E-state index contributed by atoms with van der Waals surface area (Å²) in [6, 6.07) is 1.70. The first kappa shape index (κ1) is 9.57. The molecule has 66 valence electrons. The first-order valence-corrected chi connectivity index (χ1v) is 4.27. The Morgan fingerprint density at radius 1 is 1.42 bits per heavy atom. The third kappa shape index (κ3) is 1.63. The lowest BCUT2D eigenvalue weighted by molar-refractivity contribution is 0.535. The van der Waals surface area contributed by atoms with Crippen LogP contribution in [0.4, 0.5) is 8.78 Å². The van der Waals surface area contributed by atoms with Crippen molar-refractivity contribution in [3.05, 3.63) is 28.8 Å². The van der Waals surface area contributed by atoms with Gasteiger partial charge in [0.05, 0.1) is 0 Å². The van der Waals surface area contributed by atoms with Crippen molar-refractivity contribution in [1.29, 1.82) is 0 Å². The van der Waals surface area contributed by atoms with Gasteiger partial charge in [-0.25, -0.2) is 13.0 Å². The Balaban J connectivity index is 3.36. The molecule has 0 saturated carbocycles. The lowest BCUT2D eigenvalue weighted by atomic mass is 10.3. The van der Waals surface area contributed by atoms with E-state index in [1.165, 1.54) is 0 Å². The van der Waals surface area contributed by atoms with Gasteiger partial charge in [-0.3, -0.25) is 0 Å². The second-order valence-corrected chi connectivity index (χ2v) is 3.24. The molecule has 1 atom stereocenters. The summed E-state index contributed by atoms with van der Waals surface area (Å²) in [5, 5.41) is -0.769. The predicted octanol–water partition coefficient (Wildman–Crippen LogP) is 2.20. The smallest absolute Gasteiger partial charge is 0.189 e. The summed E-state index contributed by atoms with van der Waals surface area (Å²) < 4.78 is 44.1. The fourth-order valence-corrected chi connectivity index (χ4v) is 1.30. The second-order valence-electron chi connectivity index (χ2n) is 1.92. The van der Waals surface area contributed by atoms with E-state index in [0.717, 1.165) is 12.1 Å². The molecule has 1 unspecified atom stereocenters. The molecule has 0 radical (unpaired) electrons. The van der Waals surface area contributed by atoms with Crippen LogP contribution >= 0.6 is 11.6 Å². The van der Waals surface area contributed by atoms with Gasteiger partial charge in [0, 0.05) is 0 Å². The molecular weight excluding hydrogens is 210 g/mol. The van der Waals surface area contributed by atoms with E-state index >= 15 is 0 Å². The van der Waals surface area contributed by atoms with Crippen molar-refractivity contribution in [3.63, 3.8) is 0 Å². The zero-order chi connectivity index (χ0) is 9.30. The highest BCUT2D eigenvalue weighted by Crippen LogP contribution is 2.23. The van der Waals surface area contributed by atoms with Crippen molar-refractivity contribution in [2.45, 2.75) is 4.90 Å². The molecule has 0 saturated heterocycles. The number of hydrogen-bond donors (Lipinski definition) is 1. The highest BCUT2D eigenvalue weighted by atomic mass is 35.5. The predicted molar refractivity (Wildman–Crippen MR) is 40.4 cm³/mol. The summed E-state index contributed by atoms with van der Waals surface area (Å²) in [6.07, 6.45) is 0. The molecule has 2 nitrogen and oxygen atoms in total. The lowest BCUT2D eigenvalue weighted by Crippen LogP contribution is -1.95. The summed E-state index contributed by atoms with van der Waals surface area (Å²) in [6.45, 7) is 0.